The molecule has 2 nitrogen and oxygen atoms in total. The second-order valence-corrected chi connectivity index (χ2v) is 3.55. The minimum Gasteiger partial charge on any atom is -0.432 e. The lowest BCUT2D eigenvalue weighted by atomic mass is 10.2. The van der Waals surface area contributed by atoms with Crippen LogP contribution in [0.15, 0.2) is 80.1 Å². The van der Waals surface area contributed by atoms with Gasteiger partial charge in [0.25, 0.3) is 0 Å². The number of carbonyl (C=O) groups is 1. The summed E-state index contributed by atoms with van der Waals surface area (Å²) in [6.45, 7) is 6.91. The van der Waals surface area contributed by atoms with Crippen LogP contribution in [-0.4, -0.2) is 5.97 Å². The monoisotopic (exact) mass is 252 g/mol. The highest BCUT2D eigenvalue weighted by molar-refractivity contribution is 5.89. The Bertz CT molecular complexity index is 515. The van der Waals surface area contributed by atoms with Crippen LogP contribution in [0.2, 0.25) is 0 Å². The van der Waals surface area contributed by atoms with E-state index in [9.17, 15) is 4.79 Å². The Morgan fingerprint density at radius 2 is 1.42 bits per heavy atom. The minimum absolute atomic E-state index is 0.374. The summed E-state index contributed by atoms with van der Waals surface area (Å²) in [5.41, 5.74) is 1.71. The smallest absolute Gasteiger partial charge is 0.342 e. The fourth-order valence-electron chi connectivity index (χ4n) is 1.31. The van der Waals surface area contributed by atoms with Crippen molar-refractivity contribution in [2.75, 3.05) is 0 Å². The van der Waals surface area contributed by atoms with E-state index in [1.165, 1.54) is 5.56 Å². The highest BCUT2D eigenvalue weighted by Gasteiger charge is 2.01. The van der Waals surface area contributed by atoms with E-state index in [1.807, 2.05) is 42.5 Å². The maximum atomic E-state index is 11.0. The van der Waals surface area contributed by atoms with Crippen molar-refractivity contribution < 1.29 is 9.53 Å². The summed E-state index contributed by atoms with van der Waals surface area (Å²) < 4.78 is 4.55. The minimum atomic E-state index is -0.374. The molecule has 2 heteroatoms. The predicted molar refractivity (Wildman–Crippen MR) is 78.6 cm³/mol. The van der Waals surface area contributed by atoms with Crippen LogP contribution in [0.3, 0.4) is 0 Å². The molecule has 0 saturated carbocycles. The van der Waals surface area contributed by atoms with Gasteiger partial charge in [-0.2, -0.15) is 0 Å². The van der Waals surface area contributed by atoms with Gasteiger partial charge in [-0.15, -0.1) is 0 Å². The van der Waals surface area contributed by atoms with Crippen molar-refractivity contribution in [3.8, 4) is 0 Å². The Morgan fingerprint density at radius 1 is 0.895 bits per heavy atom. The lowest BCUT2D eigenvalue weighted by molar-refractivity contribution is 0.0664. The molecule has 0 bridgehead atoms. The van der Waals surface area contributed by atoms with Gasteiger partial charge in [0.15, 0.2) is 0 Å². The van der Waals surface area contributed by atoms with Gasteiger partial charge in [0.05, 0.1) is 11.8 Å². The molecule has 0 aromatic heterocycles. The maximum Gasteiger partial charge on any atom is 0.342 e. The molecule has 2 aromatic carbocycles. The van der Waals surface area contributed by atoms with E-state index in [4.69, 9.17) is 0 Å². The van der Waals surface area contributed by atoms with Crippen LogP contribution in [0, 0.1) is 0 Å². The van der Waals surface area contributed by atoms with Gasteiger partial charge in [0.1, 0.15) is 0 Å². The van der Waals surface area contributed by atoms with Crippen LogP contribution < -0.4 is 0 Å². The van der Waals surface area contributed by atoms with E-state index < -0.39 is 0 Å². The van der Waals surface area contributed by atoms with Gasteiger partial charge in [-0.05, 0) is 17.7 Å². The zero-order valence-corrected chi connectivity index (χ0v) is 10.7. The first-order chi connectivity index (χ1) is 9.27. The molecule has 2 aromatic rings. The summed E-state index contributed by atoms with van der Waals surface area (Å²) in [7, 11) is 0. The third-order valence-corrected chi connectivity index (χ3v) is 2.24. The summed E-state index contributed by atoms with van der Waals surface area (Å²) in [6, 6.07) is 18.8. The normalized spacial score (nSPS) is 8.63. The van der Waals surface area contributed by atoms with Gasteiger partial charge >= 0.3 is 5.97 Å². The lowest BCUT2D eigenvalue weighted by Gasteiger charge is -1.96. The zero-order valence-electron chi connectivity index (χ0n) is 10.7. The van der Waals surface area contributed by atoms with E-state index in [1.54, 1.807) is 24.3 Å². The van der Waals surface area contributed by atoms with Gasteiger partial charge in [-0.3, -0.25) is 0 Å². The van der Waals surface area contributed by atoms with E-state index >= 15 is 0 Å². The number of carbonyl (C=O) groups excluding carboxylic acids is 1. The van der Waals surface area contributed by atoms with Crippen molar-refractivity contribution in [1.82, 2.24) is 0 Å². The Hall–Kier alpha value is -2.61. The Kier molecular flexibility index (Phi) is 6.45. The highest BCUT2D eigenvalue weighted by atomic mass is 16.5. The third-order valence-electron chi connectivity index (χ3n) is 2.24. The Balaban J connectivity index is 0.000000200. The molecule has 19 heavy (non-hydrogen) atoms. The second-order valence-electron chi connectivity index (χ2n) is 3.55. The molecule has 96 valence electrons. The van der Waals surface area contributed by atoms with Gasteiger partial charge in [-0.25, -0.2) is 4.79 Å². The molecule has 2 rings (SSSR count). The number of esters is 1. The zero-order chi connectivity index (χ0) is 13.9. The molecule has 0 aliphatic heterocycles. The molecule has 0 unspecified atom stereocenters. The van der Waals surface area contributed by atoms with Crippen molar-refractivity contribution in [2.45, 2.75) is 0 Å². The predicted octanol–water partition coefficient (Wildman–Crippen LogP) is 4.32. The van der Waals surface area contributed by atoms with Crippen molar-refractivity contribution in [2.24, 2.45) is 0 Å². The average Bonchev–Trinajstić information content (AvgIpc) is 2.50. The fraction of sp³-hybridized carbons (Fsp3) is 0. The SMILES string of the molecule is C=COC(=O)c1ccccc1.C=Cc1ccccc1. The van der Waals surface area contributed by atoms with Crippen molar-refractivity contribution in [3.63, 3.8) is 0 Å². The van der Waals surface area contributed by atoms with Crippen molar-refractivity contribution in [1.29, 1.82) is 0 Å². The summed E-state index contributed by atoms with van der Waals surface area (Å²) in [6.07, 6.45) is 2.95. The summed E-state index contributed by atoms with van der Waals surface area (Å²) in [5.74, 6) is -0.374. The van der Waals surface area contributed by atoms with Gasteiger partial charge in [0.2, 0.25) is 0 Å². The molecule has 0 aliphatic rings. The van der Waals surface area contributed by atoms with E-state index in [-0.39, 0.29) is 5.97 Å². The van der Waals surface area contributed by atoms with Crippen LogP contribution in [-0.2, 0) is 4.74 Å². The first-order valence-electron chi connectivity index (χ1n) is 5.82. The van der Waals surface area contributed by atoms with Gasteiger partial charge in [-0.1, -0.05) is 67.8 Å². The van der Waals surface area contributed by atoms with Crippen LogP contribution in [0.25, 0.3) is 6.08 Å². The number of hydrogen-bond donors (Lipinski definition) is 0. The molecule has 0 heterocycles. The molecule has 0 atom stereocenters. The summed E-state index contributed by atoms with van der Waals surface area (Å²) in [5, 5.41) is 0. The van der Waals surface area contributed by atoms with Gasteiger partial charge in [0, 0.05) is 0 Å². The quantitative estimate of drug-likeness (QED) is 0.600. The molecule has 0 radical (unpaired) electrons. The average molecular weight is 252 g/mol. The highest BCUT2D eigenvalue weighted by Crippen LogP contribution is 2.00. The van der Waals surface area contributed by atoms with E-state index in [0.717, 1.165) is 6.26 Å². The Morgan fingerprint density at radius 3 is 1.84 bits per heavy atom. The van der Waals surface area contributed by atoms with Crippen LogP contribution in [0.4, 0.5) is 0 Å². The second kappa shape index (κ2) is 8.48. The number of rotatable bonds is 3. The molecule has 0 N–H and O–H groups in total. The molecular weight excluding hydrogens is 236 g/mol. The number of benzene rings is 2. The van der Waals surface area contributed by atoms with Crippen LogP contribution >= 0.6 is 0 Å². The number of ether oxygens (including phenoxy) is 1. The maximum absolute atomic E-state index is 11.0. The van der Waals surface area contributed by atoms with Crippen LogP contribution in [0.1, 0.15) is 15.9 Å². The van der Waals surface area contributed by atoms with Crippen LogP contribution in [0.5, 0.6) is 0 Å². The Labute approximate surface area is 113 Å². The third kappa shape index (κ3) is 5.50. The largest absolute Gasteiger partial charge is 0.432 e. The van der Waals surface area contributed by atoms with E-state index in [2.05, 4.69) is 17.9 Å². The molecule has 0 aliphatic carbocycles. The summed E-state index contributed by atoms with van der Waals surface area (Å²) >= 11 is 0. The first kappa shape index (κ1) is 14.5. The lowest BCUT2D eigenvalue weighted by Crippen LogP contribution is -1.98. The standard InChI is InChI=1S/C9H8O2.C8H8/c1-2-11-9(10)8-6-4-3-5-7-8;1-2-8-6-4-3-5-7-8/h2-7H,1H2;2-7H,1H2. The topological polar surface area (TPSA) is 26.3 Å². The molecular formula is C17H16O2. The first-order valence-corrected chi connectivity index (χ1v) is 5.82. The molecule has 0 saturated heterocycles. The van der Waals surface area contributed by atoms with Crippen molar-refractivity contribution >= 4 is 12.0 Å². The fourth-order valence-corrected chi connectivity index (χ4v) is 1.31. The number of hydrogen-bond acceptors (Lipinski definition) is 2. The molecule has 0 amide bonds. The molecule has 0 fully saturated rings. The molecule has 0 spiro atoms. The summed E-state index contributed by atoms with van der Waals surface area (Å²) in [4.78, 5) is 11.0. The van der Waals surface area contributed by atoms with E-state index in [0.29, 0.717) is 5.56 Å². The van der Waals surface area contributed by atoms with Crippen molar-refractivity contribution in [3.05, 3.63) is 91.2 Å². The van der Waals surface area contributed by atoms with Gasteiger partial charge < -0.3 is 4.74 Å².